The second-order valence-electron chi connectivity index (χ2n) is 8.86. The predicted molar refractivity (Wildman–Crippen MR) is 144 cm³/mol. The van der Waals surface area contributed by atoms with Crippen LogP contribution in [-0.2, 0) is 19.9 Å². The molecule has 0 bridgehead atoms. The number of carbonyl (C=O) groups is 1. The molecule has 0 unspecified atom stereocenters. The van der Waals surface area contributed by atoms with Gasteiger partial charge in [-0.1, -0.05) is 29.8 Å². The number of carbonyl (C=O) groups excluding carboxylic acids is 1. The van der Waals surface area contributed by atoms with Crippen LogP contribution in [0.15, 0.2) is 59.8 Å². The summed E-state index contributed by atoms with van der Waals surface area (Å²) in [6.45, 7) is 2.02. The maximum atomic E-state index is 13.0. The molecule has 1 fully saturated rings. The fourth-order valence-corrected chi connectivity index (χ4v) is 7.07. The fourth-order valence-electron chi connectivity index (χ4n) is 4.29. The van der Waals surface area contributed by atoms with E-state index in [1.54, 1.807) is 37.3 Å². The van der Waals surface area contributed by atoms with E-state index in [0.717, 1.165) is 5.56 Å². The molecule has 198 valence electrons. The molecule has 2 aromatic carbocycles. The standard InChI is InChI=1S/C24H23ClN6O5S2/c1-15-12-16(29-38(35,36)21-5-3-2-4-20(21)25)6-7-17(15)18-13-27-23-19(14-28-31(23)22(18)26)24(32)30-8-10-37(33,34)11-9-30/h2-7,12-14,29H,8-11,26H2,1H3. The molecule has 2 aromatic heterocycles. The molecular formula is C24H23ClN6O5S2. The zero-order chi connectivity index (χ0) is 27.2. The highest BCUT2D eigenvalue weighted by molar-refractivity contribution is 7.92. The number of nitrogens with two attached hydrogens (primary N) is 1. The third kappa shape index (κ3) is 4.79. The second-order valence-corrected chi connectivity index (χ2v) is 13.2. The largest absolute Gasteiger partial charge is 0.383 e. The molecule has 1 saturated heterocycles. The fraction of sp³-hybridized carbons (Fsp3) is 0.208. The van der Waals surface area contributed by atoms with Crippen LogP contribution in [0.25, 0.3) is 16.8 Å². The first-order valence-corrected chi connectivity index (χ1v) is 15.2. The van der Waals surface area contributed by atoms with E-state index in [2.05, 4.69) is 14.8 Å². The topological polar surface area (TPSA) is 157 Å². The first-order chi connectivity index (χ1) is 18.0. The third-order valence-electron chi connectivity index (χ3n) is 6.32. The number of nitrogens with one attached hydrogen (secondary N) is 1. The molecule has 14 heteroatoms. The van der Waals surface area contributed by atoms with Crippen molar-refractivity contribution in [1.29, 1.82) is 0 Å². The summed E-state index contributed by atoms with van der Waals surface area (Å²) in [5, 5.41) is 4.36. The molecule has 0 atom stereocenters. The van der Waals surface area contributed by atoms with Gasteiger partial charge >= 0.3 is 0 Å². The summed E-state index contributed by atoms with van der Waals surface area (Å²) >= 11 is 6.06. The van der Waals surface area contributed by atoms with E-state index >= 15 is 0 Å². The van der Waals surface area contributed by atoms with Crippen molar-refractivity contribution in [1.82, 2.24) is 19.5 Å². The lowest BCUT2D eigenvalue weighted by Crippen LogP contribution is -2.43. The quantitative estimate of drug-likeness (QED) is 0.368. The van der Waals surface area contributed by atoms with Crippen LogP contribution in [0, 0.1) is 6.92 Å². The molecule has 5 rings (SSSR count). The number of sulfonamides is 1. The van der Waals surface area contributed by atoms with E-state index in [1.807, 2.05) is 0 Å². The molecule has 3 N–H and O–H groups in total. The molecule has 1 aliphatic rings. The minimum atomic E-state index is -3.90. The van der Waals surface area contributed by atoms with Crippen molar-refractivity contribution >= 4 is 54.5 Å². The normalized spacial score (nSPS) is 15.5. The first-order valence-electron chi connectivity index (χ1n) is 11.5. The number of halogens is 1. The zero-order valence-electron chi connectivity index (χ0n) is 20.1. The highest BCUT2D eigenvalue weighted by Crippen LogP contribution is 2.32. The number of rotatable bonds is 5. The van der Waals surface area contributed by atoms with Crippen LogP contribution in [0.2, 0.25) is 5.02 Å². The Bertz CT molecular complexity index is 1790. The van der Waals surface area contributed by atoms with Gasteiger partial charge in [0.05, 0.1) is 22.7 Å². The molecule has 11 nitrogen and oxygen atoms in total. The van der Waals surface area contributed by atoms with Gasteiger partial charge in [0.25, 0.3) is 15.9 Å². The number of fused-ring (bicyclic) bond motifs is 1. The zero-order valence-corrected chi connectivity index (χ0v) is 22.5. The van der Waals surface area contributed by atoms with E-state index in [0.29, 0.717) is 16.8 Å². The number of aromatic nitrogens is 3. The van der Waals surface area contributed by atoms with Gasteiger partial charge in [0, 0.05) is 30.5 Å². The van der Waals surface area contributed by atoms with Crippen LogP contribution in [0.4, 0.5) is 11.5 Å². The van der Waals surface area contributed by atoms with Crippen LogP contribution >= 0.6 is 11.6 Å². The Balaban J connectivity index is 1.43. The van der Waals surface area contributed by atoms with Crippen LogP contribution in [0.3, 0.4) is 0 Å². The van der Waals surface area contributed by atoms with Crippen molar-refractivity contribution in [2.45, 2.75) is 11.8 Å². The molecule has 1 amide bonds. The van der Waals surface area contributed by atoms with Crippen molar-refractivity contribution in [3.05, 3.63) is 71.0 Å². The summed E-state index contributed by atoms with van der Waals surface area (Å²) in [6, 6.07) is 11.1. The maximum absolute atomic E-state index is 13.0. The maximum Gasteiger partial charge on any atom is 0.263 e. The Morgan fingerprint density at radius 3 is 2.47 bits per heavy atom. The predicted octanol–water partition coefficient (Wildman–Crippen LogP) is 2.61. The third-order valence-corrected chi connectivity index (χ3v) is 9.81. The van der Waals surface area contributed by atoms with E-state index in [4.69, 9.17) is 17.3 Å². The number of nitrogens with zero attached hydrogens (tertiary/aromatic N) is 4. The summed E-state index contributed by atoms with van der Waals surface area (Å²) in [6.07, 6.45) is 2.90. The van der Waals surface area contributed by atoms with Gasteiger partial charge in [0.2, 0.25) is 0 Å². The lowest BCUT2D eigenvalue weighted by atomic mass is 10.0. The molecule has 4 aromatic rings. The molecule has 1 aliphatic heterocycles. The molecule has 0 aliphatic carbocycles. The summed E-state index contributed by atoms with van der Waals surface area (Å²) in [5.74, 6) is -0.285. The van der Waals surface area contributed by atoms with Gasteiger partial charge < -0.3 is 10.6 Å². The van der Waals surface area contributed by atoms with Crippen LogP contribution in [0.5, 0.6) is 0 Å². The highest BCUT2D eigenvalue weighted by atomic mass is 35.5. The van der Waals surface area contributed by atoms with Crippen LogP contribution < -0.4 is 10.5 Å². The summed E-state index contributed by atoms with van der Waals surface area (Å²) in [4.78, 5) is 18.9. The van der Waals surface area contributed by atoms with Gasteiger partial charge in [0.1, 0.15) is 16.3 Å². The highest BCUT2D eigenvalue weighted by Gasteiger charge is 2.28. The summed E-state index contributed by atoms with van der Waals surface area (Å²) in [7, 11) is -7.03. The van der Waals surface area contributed by atoms with Crippen molar-refractivity contribution in [2.75, 3.05) is 35.1 Å². The van der Waals surface area contributed by atoms with Gasteiger partial charge in [-0.15, -0.1) is 0 Å². The number of nitrogen functional groups attached to an aromatic ring is 1. The number of benzene rings is 2. The second kappa shape index (κ2) is 9.57. The molecule has 3 heterocycles. The van der Waals surface area contributed by atoms with Crippen molar-refractivity contribution in [3.8, 4) is 11.1 Å². The summed E-state index contributed by atoms with van der Waals surface area (Å²) in [5.41, 5.74) is 9.19. The number of aryl methyl sites for hydroxylation is 1. The van der Waals surface area contributed by atoms with Crippen molar-refractivity contribution in [3.63, 3.8) is 0 Å². The van der Waals surface area contributed by atoms with E-state index in [1.165, 1.54) is 33.9 Å². The van der Waals surface area contributed by atoms with Gasteiger partial charge in [-0.05, 0) is 42.3 Å². The number of sulfone groups is 1. The van der Waals surface area contributed by atoms with Gasteiger partial charge in [0.15, 0.2) is 15.5 Å². The minimum absolute atomic E-state index is 0.0301. The monoisotopic (exact) mass is 574 g/mol. The van der Waals surface area contributed by atoms with Gasteiger partial charge in [-0.3, -0.25) is 9.52 Å². The first kappa shape index (κ1) is 25.9. The molecule has 0 radical (unpaired) electrons. The van der Waals surface area contributed by atoms with E-state index < -0.39 is 19.9 Å². The van der Waals surface area contributed by atoms with Crippen LogP contribution in [-0.4, -0.2) is 66.8 Å². The van der Waals surface area contributed by atoms with Gasteiger partial charge in [-0.25, -0.2) is 21.8 Å². The molecule has 0 spiro atoms. The lowest BCUT2D eigenvalue weighted by Gasteiger charge is -2.26. The van der Waals surface area contributed by atoms with E-state index in [9.17, 15) is 21.6 Å². The molecular weight excluding hydrogens is 552 g/mol. The Morgan fingerprint density at radius 1 is 1.08 bits per heavy atom. The molecule has 0 saturated carbocycles. The van der Waals surface area contributed by atoms with Gasteiger partial charge in [-0.2, -0.15) is 9.61 Å². The van der Waals surface area contributed by atoms with Crippen molar-refractivity contribution in [2.24, 2.45) is 0 Å². The average Bonchev–Trinajstić information content (AvgIpc) is 3.29. The number of hydrogen-bond donors (Lipinski definition) is 2. The number of amides is 1. The Morgan fingerprint density at radius 2 is 1.79 bits per heavy atom. The minimum Gasteiger partial charge on any atom is -0.383 e. The number of hydrogen-bond acceptors (Lipinski definition) is 8. The summed E-state index contributed by atoms with van der Waals surface area (Å²) < 4.78 is 52.9. The van der Waals surface area contributed by atoms with Crippen molar-refractivity contribution < 1.29 is 21.6 Å². The number of anilines is 2. The SMILES string of the molecule is Cc1cc(NS(=O)(=O)c2ccccc2Cl)ccc1-c1cnc2c(C(=O)N3CCS(=O)(=O)CC3)cnn2c1N. The average molecular weight is 575 g/mol. The molecule has 38 heavy (non-hydrogen) atoms. The van der Waals surface area contributed by atoms with E-state index in [-0.39, 0.29) is 57.4 Å². The van der Waals surface area contributed by atoms with Crippen LogP contribution in [0.1, 0.15) is 15.9 Å². The Hall–Kier alpha value is -3.68. The smallest absolute Gasteiger partial charge is 0.263 e. The Kier molecular flexibility index (Phi) is 6.53. The Labute approximate surface area is 224 Å². The lowest BCUT2D eigenvalue weighted by molar-refractivity contribution is 0.0772.